The number of benzene rings is 1. The Morgan fingerprint density at radius 1 is 1.27 bits per heavy atom. The van der Waals surface area contributed by atoms with Crippen LogP contribution >= 0.6 is 0 Å². The molecule has 156 valence electrons. The number of anilines is 1. The lowest BCUT2D eigenvalue weighted by molar-refractivity contribution is -0.122. The van der Waals surface area contributed by atoms with Crippen molar-refractivity contribution in [2.24, 2.45) is 7.05 Å². The van der Waals surface area contributed by atoms with E-state index in [1.165, 1.54) is 0 Å². The number of aryl methyl sites for hydroxylation is 1. The second-order valence-corrected chi connectivity index (χ2v) is 8.11. The molecule has 2 aliphatic heterocycles. The molecule has 1 unspecified atom stereocenters. The van der Waals surface area contributed by atoms with Crippen LogP contribution in [0.3, 0.4) is 0 Å². The fourth-order valence-corrected chi connectivity index (χ4v) is 4.93. The first-order chi connectivity index (χ1) is 14.6. The van der Waals surface area contributed by atoms with Crippen LogP contribution < -0.4 is 4.90 Å². The topological polar surface area (TPSA) is 72.1 Å². The molecule has 1 atom stereocenters. The van der Waals surface area contributed by atoms with Crippen LogP contribution in [-0.2, 0) is 22.0 Å². The zero-order chi connectivity index (χ0) is 20.9. The van der Waals surface area contributed by atoms with Crippen LogP contribution in [0.2, 0.25) is 0 Å². The molecule has 1 aromatic carbocycles. The summed E-state index contributed by atoms with van der Waals surface area (Å²) in [6.45, 7) is 2.17. The molecule has 1 spiro atoms. The van der Waals surface area contributed by atoms with Crippen LogP contribution in [0.5, 0.6) is 0 Å². The third-order valence-corrected chi connectivity index (χ3v) is 6.42. The second-order valence-electron chi connectivity index (χ2n) is 8.11. The maximum atomic E-state index is 13.6. The van der Waals surface area contributed by atoms with E-state index in [0.717, 1.165) is 23.3 Å². The zero-order valence-electron chi connectivity index (χ0n) is 17.2. The van der Waals surface area contributed by atoms with Gasteiger partial charge in [0, 0.05) is 58.5 Å². The van der Waals surface area contributed by atoms with Crippen molar-refractivity contribution in [1.29, 1.82) is 0 Å². The van der Waals surface area contributed by atoms with Crippen molar-refractivity contribution >= 4 is 23.1 Å². The van der Waals surface area contributed by atoms with E-state index in [2.05, 4.69) is 5.10 Å². The van der Waals surface area contributed by atoms with Gasteiger partial charge in [-0.1, -0.05) is 18.2 Å². The van der Waals surface area contributed by atoms with Gasteiger partial charge in [-0.3, -0.25) is 9.59 Å². The van der Waals surface area contributed by atoms with Gasteiger partial charge in [0.1, 0.15) is 11.2 Å². The number of aromatic nitrogens is 3. The smallest absolute Gasteiger partial charge is 0.259 e. The average Bonchev–Trinajstić information content (AvgIpc) is 3.51. The second kappa shape index (κ2) is 6.98. The Morgan fingerprint density at radius 2 is 2.10 bits per heavy atom. The maximum Gasteiger partial charge on any atom is 0.259 e. The SMILES string of the molecule is COCCCN1C(=O)C2(CCN(C(=O)c3cnn4ccn(C)c34)C2)c2ccccc21. The lowest BCUT2D eigenvalue weighted by Crippen LogP contribution is -2.43. The summed E-state index contributed by atoms with van der Waals surface area (Å²) in [4.78, 5) is 30.6. The van der Waals surface area contributed by atoms with E-state index >= 15 is 0 Å². The van der Waals surface area contributed by atoms with Crippen molar-refractivity contribution in [3.8, 4) is 0 Å². The highest BCUT2D eigenvalue weighted by Crippen LogP contribution is 2.47. The van der Waals surface area contributed by atoms with E-state index in [9.17, 15) is 9.59 Å². The molecule has 4 heterocycles. The van der Waals surface area contributed by atoms with Gasteiger partial charge in [0.05, 0.1) is 11.6 Å². The van der Waals surface area contributed by atoms with Crippen LogP contribution in [-0.4, -0.2) is 64.2 Å². The molecule has 2 aromatic heterocycles. The van der Waals surface area contributed by atoms with Gasteiger partial charge in [0.25, 0.3) is 5.91 Å². The number of likely N-dealkylation sites (tertiary alicyclic amines) is 1. The summed E-state index contributed by atoms with van der Waals surface area (Å²) in [6, 6.07) is 7.98. The van der Waals surface area contributed by atoms with E-state index in [-0.39, 0.29) is 11.8 Å². The average molecular weight is 407 g/mol. The number of ether oxygens (including phenoxy) is 1. The van der Waals surface area contributed by atoms with Crippen LogP contribution in [0, 0.1) is 0 Å². The summed E-state index contributed by atoms with van der Waals surface area (Å²) in [5.74, 6) is 0.0147. The Bertz CT molecular complexity index is 1130. The number of rotatable bonds is 5. The Labute approximate surface area is 174 Å². The van der Waals surface area contributed by atoms with E-state index in [0.29, 0.717) is 38.2 Å². The Morgan fingerprint density at radius 3 is 2.93 bits per heavy atom. The molecule has 5 rings (SSSR count). The summed E-state index contributed by atoms with van der Waals surface area (Å²) in [5, 5.41) is 4.29. The number of para-hydroxylation sites is 1. The number of carbonyl (C=O) groups is 2. The van der Waals surface area contributed by atoms with Crippen LogP contribution in [0.4, 0.5) is 5.69 Å². The number of amides is 2. The molecule has 0 radical (unpaired) electrons. The predicted molar refractivity (Wildman–Crippen MR) is 112 cm³/mol. The van der Waals surface area contributed by atoms with E-state index in [1.807, 2.05) is 53.2 Å². The molecular weight excluding hydrogens is 382 g/mol. The number of fused-ring (bicyclic) bond motifs is 3. The normalized spacial score (nSPS) is 20.7. The van der Waals surface area contributed by atoms with Crippen molar-refractivity contribution in [3.63, 3.8) is 0 Å². The molecule has 0 N–H and O–H groups in total. The van der Waals surface area contributed by atoms with Crippen LogP contribution in [0.1, 0.15) is 28.8 Å². The first-order valence-electron chi connectivity index (χ1n) is 10.3. The summed E-state index contributed by atoms with van der Waals surface area (Å²) in [5.41, 5.74) is 2.65. The minimum absolute atomic E-state index is 0.0770. The number of nitrogens with zero attached hydrogens (tertiary/aromatic N) is 5. The third kappa shape index (κ3) is 2.60. The predicted octanol–water partition coefficient (Wildman–Crippen LogP) is 1.84. The summed E-state index contributed by atoms with van der Waals surface area (Å²) < 4.78 is 8.76. The van der Waals surface area contributed by atoms with Crippen molar-refractivity contribution in [2.45, 2.75) is 18.3 Å². The maximum absolute atomic E-state index is 13.6. The number of carbonyl (C=O) groups excluding carboxylic acids is 2. The van der Waals surface area contributed by atoms with Gasteiger partial charge in [0.2, 0.25) is 5.91 Å². The molecule has 0 aliphatic carbocycles. The highest BCUT2D eigenvalue weighted by Gasteiger charge is 2.55. The highest BCUT2D eigenvalue weighted by atomic mass is 16.5. The van der Waals surface area contributed by atoms with Crippen molar-refractivity contribution in [1.82, 2.24) is 19.1 Å². The molecule has 0 saturated carbocycles. The molecule has 2 aliphatic rings. The van der Waals surface area contributed by atoms with E-state index in [4.69, 9.17) is 4.74 Å². The summed E-state index contributed by atoms with van der Waals surface area (Å²) in [6.07, 6.45) is 6.72. The van der Waals surface area contributed by atoms with Gasteiger partial charge in [0.15, 0.2) is 0 Å². The molecule has 0 bridgehead atoms. The van der Waals surface area contributed by atoms with Gasteiger partial charge < -0.3 is 19.1 Å². The molecule has 8 nitrogen and oxygen atoms in total. The number of methoxy groups -OCH3 is 1. The Balaban J connectivity index is 1.45. The summed E-state index contributed by atoms with van der Waals surface area (Å²) in [7, 11) is 3.57. The Kier molecular flexibility index (Phi) is 4.39. The fourth-order valence-electron chi connectivity index (χ4n) is 4.93. The van der Waals surface area contributed by atoms with Crippen LogP contribution in [0.25, 0.3) is 5.65 Å². The van der Waals surface area contributed by atoms with Gasteiger partial charge in [-0.15, -0.1) is 0 Å². The first kappa shape index (κ1) is 18.9. The monoisotopic (exact) mass is 407 g/mol. The number of hydrogen-bond acceptors (Lipinski definition) is 4. The third-order valence-electron chi connectivity index (χ3n) is 6.42. The molecule has 2 amide bonds. The minimum atomic E-state index is -0.667. The Hall–Kier alpha value is -3.13. The standard InChI is InChI=1S/C22H25N5O3/c1-24-11-12-27-19(24)16(14-23-27)20(28)25-10-8-22(15-25)17-6-3-4-7-18(17)26(21(22)29)9-5-13-30-2/h3-4,6-7,11-12,14H,5,8-10,13,15H2,1-2H3. The largest absolute Gasteiger partial charge is 0.385 e. The van der Waals surface area contributed by atoms with E-state index in [1.54, 1.807) is 22.7 Å². The van der Waals surface area contributed by atoms with Gasteiger partial charge in [-0.05, 0) is 24.5 Å². The van der Waals surface area contributed by atoms with Crippen LogP contribution in [0.15, 0.2) is 42.9 Å². The fraction of sp³-hybridized carbons (Fsp3) is 0.409. The first-order valence-corrected chi connectivity index (χ1v) is 10.3. The van der Waals surface area contributed by atoms with Gasteiger partial charge in [-0.2, -0.15) is 5.10 Å². The molecule has 3 aromatic rings. The van der Waals surface area contributed by atoms with Gasteiger partial charge in [-0.25, -0.2) is 4.52 Å². The molecule has 1 fully saturated rings. The lowest BCUT2D eigenvalue weighted by Gasteiger charge is -2.24. The van der Waals surface area contributed by atoms with Crippen molar-refractivity contribution < 1.29 is 14.3 Å². The molecule has 1 saturated heterocycles. The van der Waals surface area contributed by atoms with Gasteiger partial charge >= 0.3 is 0 Å². The molecular formula is C22H25N5O3. The molecule has 8 heteroatoms. The van der Waals surface area contributed by atoms with Crippen molar-refractivity contribution in [3.05, 3.63) is 54.0 Å². The van der Waals surface area contributed by atoms with E-state index < -0.39 is 5.41 Å². The molecule has 30 heavy (non-hydrogen) atoms. The highest BCUT2D eigenvalue weighted by molar-refractivity contribution is 6.09. The minimum Gasteiger partial charge on any atom is -0.385 e. The quantitative estimate of drug-likeness (QED) is 0.605. The lowest BCUT2D eigenvalue weighted by atomic mass is 9.81. The number of imidazole rings is 1. The van der Waals surface area contributed by atoms with Crippen molar-refractivity contribution in [2.75, 3.05) is 38.3 Å². The summed E-state index contributed by atoms with van der Waals surface area (Å²) >= 11 is 0. The number of hydrogen-bond donors (Lipinski definition) is 0. The zero-order valence-corrected chi connectivity index (χ0v) is 17.2.